The van der Waals surface area contributed by atoms with Crippen molar-refractivity contribution < 1.29 is 14.3 Å². The number of carbonyl (C=O) groups is 2. The van der Waals surface area contributed by atoms with Crippen molar-refractivity contribution in [1.29, 1.82) is 0 Å². The van der Waals surface area contributed by atoms with Gasteiger partial charge in [-0.3, -0.25) is 4.79 Å². The molecule has 1 saturated carbocycles. The molecule has 3 heterocycles. The fourth-order valence-electron chi connectivity index (χ4n) is 5.06. The van der Waals surface area contributed by atoms with Gasteiger partial charge in [-0.1, -0.05) is 12.1 Å². The molecule has 1 N–H and O–H groups in total. The van der Waals surface area contributed by atoms with Crippen LogP contribution in [0.5, 0.6) is 0 Å². The average Bonchev–Trinajstić information content (AvgIpc) is 3.49. The quantitative estimate of drug-likeness (QED) is 0.638. The maximum atomic E-state index is 13.4. The van der Waals surface area contributed by atoms with Gasteiger partial charge in [-0.2, -0.15) is 11.3 Å². The first-order valence-electron chi connectivity index (χ1n) is 10.6. The van der Waals surface area contributed by atoms with Gasteiger partial charge in [0.1, 0.15) is 11.9 Å². The van der Waals surface area contributed by atoms with Crippen molar-refractivity contribution in [2.24, 2.45) is 5.92 Å². The van der Waals surface area contributed by atoms with Crippen LogP contribution >= 0.6 is 22.7 Å². The van der Waals surface area contributed by atoms with Crippen molar-refractivity contribution >= 4 is 34.4 Å². The molecule has 0 radical (unpaired) electrons. The minimum Gasteiger partial charge on any atom is -0.459 e. The number of ketones is 1. The first-order chi connectivity index (χ1) is 14.6. The van der Waals surface area contributed by atoms with Crippen LogP contribution in [0.2, 0.25) is 0 Å². The summed E-state index contributed by atoms with van der Waals surface area (Å²) in [7, 11) is 0. The zero-order valence-corrected chi connectivity index (χ0v) is 18.6. The number of hydrogen-bond donors (Lipinski definition) is 1. The Balaban J connectivity index is 1.54. The Kier molecular flexibility index (Phi) is 5.37. The van der Waals surface area contributed by atoms with Gasteiger partial charge >= 0.3 is 5.97 Å². The highest BCUT2D eigenvalue weighted by molar-refractivity contribution is 7.10. The van der Waals surface area contributed by atoms with Crippen molar-refractivity contribution in [1.82, 2.24) is 5.32 Å². The van der Waals surface area contributed by atoms with Crippen molar-refractivity contribution in [3.8, 4) is 0 Å². The van der Waals surface area contributed by atoms with Gasteiger partial charge in [0.15, 0.2) is 0 Å². The minimum absolute atomic E-state index is 0.00290. The average molecular weight is 440 g/mol. The maximum absolute atomic E-state index is 13.4. The van der Waals surface area contributed by atoms with Crippen LogP contribution in [0.1, 0.15) is 61.3 Å². The topological polar surface area (TPSA) is 55.4 Å². The van der Waals surface area contributed by atoms with Crippen molar-refractivity contribution in [3.05, 3.63) is 67.8 Å². The van der Waals surface area contributed by atoms with Crippen LogP contribution in [-0.4, -0.2) is 17.9 Å². The van der Waals surface area contributed by atoms with Crippen LogP contribution in [0, 0.1) is 5.92 Å². The van der Waals surface area contributed by atoms with E-state index in [0.29, 0.717) is 12.0 Å². The van der Waals surface area contributed by atoms with E-state index >= 15 is 0 Å². The van der Waals surface area contributed by atoms with E-state index in [2.05, 4.69) is 28.2 Å². The van der Waals surface area contributed by atoms with E-state index in [9.17, 15) is 9.59 Å². The zero-order valence-electron chi connectivity index (χ0n) is 16.9. The molecule has 156 valence electrons. The second-order valence-electron chi connectivity index (χ2n) is 8.40. The molecule has 3 unspecified atom stereocenters. The molecule has 6 heteroatoms. The normalized spacial score (nSPS) is 26.9. The summed E-state index contributed by atoms with van der Waals surface area (Å²) in [6.45, 7) is 1.93. The second-order valence-corrected chi connectivity index (χ2v) is 10.2. The molecule has 1 fully saturated rings. The lowest BCUT2D eigenvalue weighted by Gasteiger charge is -2.39. The van der Waals surface area contributed by atoms with Crippen molar-refractivity contribution in [3.63, 3.8) is 0 Å². The van der Waals surface area contributed by atoms with Crippen molar-refractivity contribution in [2.75, 3.05) is 0 Å². The first kappa shape index (κ1) is 19.8. The molecule has 1 aliphatic heterocycles. The molecule has 3 aliphatic rings. The third-order valence-corrected chi connectivity index (χ3v) is 8.18. The lowest BCUT2D eigenvalue weighted by Crippen LogP contribution is -2.42. The van der Waals surface area contributed by atoms with E-state index in [4.69, 9.17) is 4.74 Å². The number of allylic oxidation sites excluding steroid dienone is 3. The molecule has 5 rings (SSSR count). The Morgan fingerprint density at radius 2 is 2.00 bits per heavy atom. The highest BCUT2D eigenvalue weighted by atomic mass is 32.1. The fraction of sp³-hybridized carbons (Fsp3) is 0.417. The second kappa shape index (κ2) is 8.16. The molecule has 3 atom stereocenters. The van der Waals surface area contributed by atoms with E-state index < -0.39 is 0 Å². The van der Waals surface area contributed by atoms with E-state index in [1.807, 2.05) is 24.4 Å². The van der Waals surface area contributed by atoms with E-state index in [0.717, 1.165) is 42.6 Å². The number of nitrogens with one attached hydrogen (secondary N) is 1. The summed E-state index contributed by atoms with van der Waals surface area (Å²) in [4.78, 5) is 27.9. The summed E-state index contributed by atoms with van der Waals surface area (Å²) in [6, 6.07) is 6.15. The predicted molar refractivity (Wildman–Crippen MR) is 120 cm³/mol. The van der Waals surface area contributed by atoms with Crippen molar-refractivity contribution in [2.45, 2.75) is 57.0 Å². The Morgan fingerprint density at radius 3 is 2.70 bits per heavy atom. The molecule has 0 aromatic carbocycles. The molecule has 0 saturated heterocycles. The van der Waals surface area contributed by atoms with E-state index in [1.54, 1.807) is 22.7 Å². The molecular formula is C24H25NO3S2. The van der Waals surface area contributed by atoms with Crippen LogP contribution in [-0.2, 0) is 14.3 Å². The van der Waals surface area contributed by atoms with Crippen LogP contribution < -0.4 is 5.32 Å². The van der Waals surface area contributed by atoms with E-state index in [1.165, 1.54) is 4.88 Å². The minimum atomic E-state index is -0.356. The lowest BCUT2D eigenvalue weighted by atomic mass is 9.69. The molecule has 4 nitrogen and oxygen atoms in total. The molecular weight excluding hydrogens is 414 g/mol. The van der Waals surface area contributed by atoms with Crippen LogP contribution in [0.4, 0.5) is 0 Å². The smallest absolute Gasteiger partial charge is 0.336 e. The number of thiophene rings is 2. The van der Waals surface area contributed by atoms with Gasteiger partial charge < -0.3 is 10.1 Å². The number of carbonyl (C=O) groups excluding carboxylic acids is 2. The molecule has 0 spiro atoms. The number of ether oxygens (including phenoxy) is 1. The van der Waals surface area contributed by atoms with Gasteiger partial charge in [0.2, 0.25) is 0 Å². The zero-order chi connectivity index (χ0) is 20.7. The Labute approximate surface area is 184 Å². The Morgan fingerprint density at radius 1 is 1.17 bits per heavy atom. The third-order valence-electron chi connectivity index (χ3n) is 6.47. The standard InChI is InChI=1S/C24H25NO3S2/c1-14-21(24(27)28-17-5-2-3-6-17)22(15-8-10-29-13-15)23-18(25-14)11-16(12-19(23)26)20-7-4-9-30-20/h4,7-11,13,16-17,22-23,25H,2-3,5-6,12H2,1H3. The SMILES string of the molecule is CC1=C(C(=O)OC2CCCC2)C(c2ccsc2)C2C(=O)CC(c3cccs3)C=C2N1. The summed E-state index contributed by atoms with van der Waals surface area (Å²) >= 11 is 3.28. The predicted octanol–water partition coefficient (Wildman–Crippen LogP) is 5.51. The summed E-state index contributed by atoms with van der Waals surface area (Å²) in [5.74, 6) is -0.622. The number of esters is 1. The molecule has 2 aromatic heterocycles. The van der Waals surface area contributed by atoms with Gasteiger partial charge in [-0.25, -0.2) is 4.79 Å². The van der Waals surface area contributed by atoms with E-state index in [-0.39, 0.29) is 35.6 Å². The summed E-state index contributed by atoms with van der Waals surface area (Å²) in [5, 5.41) is 9.54. The maximum Gasteiger partial charge on any atom is 0.336 e. The first-order valence-corrected chi connectivity index (χ1v) is 12.4. The highest BCUT2D eigenvalue weighted by Gasteiger charge is 2.45. The fourth-order valence-corrected chi connectivity index (χ4v) is 6.56. The molecule has 0 bridgehead atoms. The van der Waals surface area contributed by atoms with Crippen LogP contribution in [0.25, 0.3) is 0 Å². The van der Waals surface area contributed by atoms with Gasteiger partial charge in [0.05, 0.1) is 11.5 Å². The van der Waals surface area contributed by atoms with Gasteiger partial charge in [-0.15, -0.1) is 11.3 Å². The molecule has 2 aromatic rings. The molecule has 2 aliphatic carbocycles. The third kappa shape index (κ3) is 3.56. The van der Waals surface area contributed by atoms with Gasteiger partial charge in [-0.05, 0) is 66.4 Å². The van der Waals surface area contributed by atoms with Crippen LogP contribution in [0.3, 0.4) is 0 Å². The number of hydrogen-bond acceptors (Lipinski definition) is 6. The Bertz CT molecular complexity index is 997. The summed E-state index contributed by atoms with van der Waals surface area (Å²) in [5.41, 5.74) is 3.37. The lowest BCUT2D eigenvalue weighted by molar-refractivity contribution is -0.144. The van der Waals surface area contributed by atoms with Gasteiger partial charge in [0.25, 0.3) is 0 Å². The number of fused-ring (bicyclic) bond motifs is 1. The number of rotatable bonds is 4. The molecule has 30 heavy (non-hydrogen) atoms. The highest BCUT2D eigenvalue weighted by Crippen LogP contribution is 2.47. The monoisotopic (exact) mass is 439 g/mol. The van der Waals surface area contributed by atoms with Crippen LogP contribution in [0.15, 0.2) is 57.4 Å². The van der Waals surface area contributed by atoms with Gasteiger partial charge in [0, 0.05) is 34.5 Å². The number of Topliss-reactive ketones (excluding diaryl/α,β-unsaturated/α-hetero) is 1. The largest absolute Gasteiger partial charge is 0.459 e. The summed E-state index contributed by atoms with van der Waals surface area (Å²) < 4.78 is 5.88. The summed E-state index contributed by atoms with van der Waals surface area (Å²) in [6.07, 6.45) is 6.76. The molecule has 0 amide bonds. The Hall–Kier alpha value is -2.18.